The van der Waals surface area contributed by atoms with Crippen LogP contribution in [0.4, 0.5) is 0 Å². The lowest BCUT2D eigenvalue weighted by molar-refractivity contribution is 0.0694. The molecule has 0 spiro atoms. The lowest BCUT2D eigenvalue weighted by Crippen LogP contribution is -2.00. The van der Waals surface area contributed by atoms with E-state index < -0.39 is 5.97 Å². The lowest BCUT2D eigenvalue weighted by atomic mass is 9.99. The molecule has 1 unspecified atom stereocenters. The third kappa shape index (κ3) is 3.85. The molecule has 2 rings (SSSR count). The van der Waals surface area contributed by atoms with Gasteiger partial charge in [0.05, 0.1) is 0 Å². The SMILES string of the molecule is CCC(C)c1ccc(Oc2ccc(Br)cc2C(=O)O)cc1. The van der Waals surface area contributed by atoms with E-state index in [9.17, 15) is 9.90 Å². The molecule has 0 bridgehead atoms. The summed E-state index contributed by atoms with van der Waals surface area (Å²) < 4.78 is 6.40. The monoisotopic (exact) mass is 348 g/mol. The summed E-state index contributed by atoms with van der Waals surface area (Å²) in [4.78, 5) is 11.2. The van der Waals surface area contributed by atoms with Crippen LogP contribution in [0.1, 0.15) is 42.1 Å². The largest absolute Gasteiger partial charge is 0.478 e. The van der Waals surface area contributed by atoms with Gasteiger partial charge in [0.2, 0.25) is 0 Å². The van der Waals surface area contributed by atoms with Crippen molar-refractivity contribution in [1.82, 2.24) is 0 Å². The van der Waals surface area contributed by atoms with Crippen LogP contribution in [0.3, 0.4) is 0 Å². The summed E-state index contributed by atoms with van der Waals surface area (Å²) in [6, 6.07) is 12.7. The number of aromatic carboxylic acids is 1. The van der Waals surface area contributed by atoms with Gasteiger partial charge in [-0.1, -0.05) is 41.9 Å². The number of carbonyl (C=O) groups is 1. The van der Waals surface area contributed by atoms with Crippen molar-refractivity contribution in [2.75, 3.05) is 0 Å². The molecule has 2 aromatic rings. The van der Waals surface area contributed by atoms with Gasteiger partial charge in [0.1, 0.15) is 17.1 Å². The topological polar surface area (TPSA) is 46.5 Å². The van der Waals surface area contributed by atoms with Crippen LogP contribution in [0.15, 0.2) is 46.9 Å². The Labute approximate surface area is 132 Å². The van der Waals surface area contributed by atoms with Crippen LogP contribution >= 0.6 is 15.9 Å². The van der Waals surface area contributed by atoms with Gasteiger partial charge < -0.3 is 9.84 Å². The summed E-state index contributed by atoms with van der Waals surface area (Å²) >= 11 is 3.26. The summed E-state index contributed by atoms with van der Waals surface area (Å²) in [5.74, 6) is 0.456. The van der Waals surface area contributed by atoms with Crippen molar-refractivity contribution in [2.24, 2.45) is 0 Å². The fourth-order valence-corrected chi connectivity index (χ4v) is 2.35. The third-order valence-corrected chi connectivity index (χ3v) is 3.95. The van der Waals surface area contributed by atoms with Crippen LogP contribution in [0, 0.1) is 0 Å². The molecule has 1 atom stereocenters. The van der Waals surface area contributed by atoms with Gasteiger partial charge in [-0.2, -0.15) is 0 Å². The Hall–Kier alpha value is -1.81. The minimum atomic E-state index is -1.01. The quantitative estimate of drug-likeness (QED) is 0.780. The van der Waals surface area contributed by atoms with Gasteiger partial charge in [-0.15, -0.1) is 0 Å². The number of hydrogen-bond acceptors (Lipinski definition) is 2. The first-order valence-corrected chi connectivity index (χ1v) is 7.61. The first-order valence-electron chi connectivity index (χ1n) is 6.82. The fraction of sp³-hybridized carbons (Fsp3) is 0.235. The summed E-state index contributed by atoms with van der Waals surface area (Å²) in [6.45, 7) is 4.32. The van der Waals surface area contributed by atoms with E-state index in [0.717, 1.165) is 6.42 Å². The van der Waals surface area contributed by atoms with E-state index >= 15 is 0 Å². The van der Waals surface area contributed by atoms with E-state index in [1.165, 1.54) is 11.6 Å². The number of carboxylic acid groups (broad SMARTS) is 1. The highest BCUT2D eigenvalue weighted by Gasteiger charge is 2.13. The Kier molecular flexibility index (Phi) is 5.02. The molecule has 0 saturated heterocycles. The molecule has 4 heteroatoms. The van der Waals surface area contributed by atoms with Gasteiger partial charge in [0.25, 0.3) is 0 Å². The average Bonchev–Trinajstić information content (AvgIpc) is 2.49. The summed E-state index contributed by atoms with van der Waals surface area (Å²) in [6.07, 6.45) is 1.08. The lowest BCUT2D eigenvalue weighted by Gasteiger charge is -2.12. The zero-order valence-electron chi connectivity index (χ0n) is 12.0. The summed E-state index contributed by atoms with van der Waals surface area (Å²) in [7, 11) is 0. The van der Waals surface area contributed by atoms with Gasteiger partial charge in [-0.3, -0.25) is 0 Å². The molecular weight excluding hydrogens is 332 g/mol. The van der Waals surface area contributed by atoms with Gasteiger partial charge in [-0.25, -0.2) is 4.79 Å². The van der Waals surface area contributed by atoms with Crippen molar-refractivity contribution < 1.29 is 14.6 Å². The Bertz CT molecular complexity index is 635. The van der Waals surface area contributed by atoms with Crippen LogP contribution in [0.5, 0.6) is 11.5 Å². The number of rotatable bonds is 5. The molecule has 0 fully saturated rings. The first-order chi connectivity index (χ1) is 10.0. The molecule has 0 radical (unpaired) electrons. The van der Waals surface area contributed by atoms with Crippen molar-refractivity contribution in [3.05, 3.63) is 58.1 Å². The second-order valence-electron chi connectivity index (χ2n) is 4.93. The number of carboxylic acids is 1. The second-order valence-corrected chi connectivity index (χ2v) is 5.84. The maximum atomic E-state index is 11.2. The highest BCUT2D eigenvalue weighted by Crippen LogP contribution is 2.29. The second kappa shape index (κ2) is 6.76. The Morgan fingerprint density at radius 3 is 2.48 bits per heavy atom. The first kappa shape index (κ1) is 15.6. The zero-order valence-corrected chi connectivity index (χ0v) is 13.6. The molecule has 21 heavy (non-hydrogen) atoms. The molecule has 0 amide bonds. The highest BCUT2D eigenvalue weighted by atomic mass is 79.9. The van der Waals surface area contributed by atoms with Gasteiger partial charge in [0, 0.05) is 4.47 Å². The Morgan fingerprint density at radius 1 is 1.24 bits per heavy atom. The van der Waals surface area contributed by atoms with Gasteiger partial charge >= 0.3 is 5.97 Å². The van der Waals surface area contributed by atoms with E-state index in [0.29, 0.717) is 21.9 Å². The molecule has 0 saturated carbocycles. The fourth-order valence-electron chi connectivity index (χ4n) is 1.99. The predicted octanol–water partition coefficient (Wildman–Crippen LogP) is 5.45. The van der Waals surface area contributed by atoms with Gasteiger partial charge in [0.15, 0.2) is 0 Å². The number of hydrogen-bond donors (Lipinski definition) is 1. The van der Waals surface area contributed by atoms with Crippen LogP contribution in [-0.4, -0.2) is 11.1 Å². The molecule has 0 aromatic heterocycles. The smallest absolute Gasteiger partial charge is 0.339 e. The standard InChI is InChI=1S/C17H17BrO3/c1-3-11(2)12-4-7-14(8-5-12)21-16-9-6-13(18)10-15(16)17(19)20/h4-11H,3H2,1-2H3,(H,19,20). The van der Waals surface area contributed by atoms with E-state index in [4.69, 9.17) is 4.74 Å². The minimum Gasteiger partial charge on any atom is -0.478 e. The summed E-state index contributed by atoms with van der Waals surface area (Å²) in [5.41, 5.74) is 1.38. The van der Waals surface area contributed by atoms with Crippen molar-refractivity contribution in [2.45, 2.75) is 26.2 Å². The van der Waals surface area contributed by atoms with Crippen molar-refractivity contribution >= 4 is 21.9 Å². The van der Waals surface area contributed by atoms with Crippen LogP contribution < -0.4 is 4.74 Å². The van der Waals surface area contributed by atoms with E-state index in [1.807, 2.05) is 24.3 Å². The summed E-state index contributed by atoms with van der Waals surface area (Å²) in [5, 5.41) is 9.22. The molecule has 0 heterocycles. The van der Waals surface area contributed by atoms with Gasteiger partial charge in [-0.05, 0) is 48.2 Å². The average molecular weight is 349 g/mol. The maximum absolute atomic E-state index is 11.2. The van der Waals surface area contributed by atoms with E-state index in [1.54, 1.807) is 12.1 Å². The molecule has 2 aromatic carbocycles. The molecule has 110 valence electrons. The number of halogens is 1. The van der Waals surface area contributed by atoms with Crippen LogP contribution in [0.25, 0.3) is 0 Å². The highest BCUT2D eigenvalue weighted by molar-refractivity contribution is 9.10. The Morgan fingerprint density at radius 2 is 1.90 bits per heavy atom. The zero-order chi connectivity index (χ0) is 15.4. The van der Waals surface area contributed by atoms with Crippen LogP contribution in [-0.2, 0) is 0 Å². The van der Waals surface area contributed by atoms with E-state index in [-0.39, 0.29) is 5.56 Å². The molecule has 0 aliphatic rings. The van der Waals surface area contributed by atoms with Crippen LogP contribution in [0.2, 0.25) is 0 Å². The predicted molar refractivity (Wildman–Crippen MR) is 86.3 cm³/mol. The molecule has 0 aliphatic heterocycles. The van der Waals surface area contributed by atoms with Crippen molar-refractivity contribution in [1.29, 1.82) is 0 Å². The molecule has 0 aliphatic carbocycles. The number of ether oxygens (including phenoxy) is 1. The minimum absolute atomic E-state index is 0.135. The van der Waals surface area contributed by atoms with E-state index in [2.05, 4.69) is 29.8 Å². The molecule has 3 nitrogen and oxygen atoms in total. The maximum Gasteiger partial charge on any atom is 0.339 e. The third-order valence-electron chi connectivity index (χ3n) is 3.46. The molecule has 1 N–H and O–H groups in total. The molecular formula is C17H17BrO3. The normalized spacial score (nSPS) is 12.0. The number of benzene rings is 2. The van der Waals surface area contributed by atoms with Crippen molar-refractivity contribution in [3.8, 4) is 11.5 Å². The Balaban J connectivity index is 2.24. The van der Waals surface area contributed by atoms with Crippen molar-refractivity contribution in [3.63, 3.8) is 0 Å².